The molecular weight excluding hydrogens is 246 g/mol. The van der Waals surface area contributed by atoms with Crippen LogP contribution in [-0.4, -0.2) is 33.3 Å². The molecule has 0 radical (unpaired) electrons. The highest BCUT2D eigenvalue weighted by Gasteiger charge is 2.37. The number of carboxylic acid groups (broad SMARTS) is 1. The fourth-order valence-electron chi connectivity index (χ4n) is 2.58. The lowest BCUT2D eigenvalue weighted by atomic mass is 9.95. The van der Waals surface area contributed by atoms with Gasteiger partial charge in [-0.15, -0.1) is 0 Å². The molecule has 1 heterocycles. The molecule has 0 spiro atoms. The van der Waals surface area contributed by atoms with Crippen molar-refractivity contribution >= 4 is 11.9 Å². The second-order valence-electron chi connectivity index (χ2n) is 5.05. The number of rotatable bonds is 5. The number of carboxylic acids is 1. The zero-order valence-electron chi connectivity index (χ0n) is 11.0. The van der Waals surface area contributed by atoms with Crippen LogP contribution in [0, 0.1) is 18.8 Å². The van der Waals surface area contributed by atoms with Crippen molar-refractivity contribution in [2.24, 2.45) is 11.8 Å². The molecule has 1 saturated carbocycles. The van der Waals surface area contributed by atoms with Crippen molar-refractivity contribution < 1.29 is 14.7 Å². The van der Waals surface area contributed by atoms with Crippen LogP contribution in [0.15, 0.2) is 12.4 Å². The second-order valence-corrected chi connectivity index (χ2v) is 5.05. The van der Waals surface area contributed by atoms with Gasteiger partial charge >= 0.3 is 5.97 Å². The Labute approximate surface area is 111 Å². The first-order chi connectivity index (χ1) is 9.08. The van der Waals surface area contributed by atoms with E-state index in [0.29, 0.717) is 25.9 Å². The zero-order valence-corrected chi connectivity index (χ0v) is 11.0. The van der Waals surface area contributed by atoms with Gasteiger partial charge in [0.1, 0.15) is 0 Å². The standard InChI is InChI=1S/C13H19N3O3/c1-9-7-15-16(8-9)6-5-14-12(17)10-3-2-4-11(10)13(18)19/h7-8,10-11H,2-6H2,1H3,(H,14,17)(H,18,19)/t10-,11+/m1/s1. The normalized spacial score (nSPS) is 22.4. The molecule has 2 atom stereocenters. The Kier molecular flexibility index (Phi) is 4.19. The maximum Gasteiger partial charge on any atom is 0.307 e. The van der Waals surface area contributed by atoms with E-state index in [2.05, 4.69) is 10.4 Å². The third-order valence-corrected chi connectivity index (χ3v) is 3.57. The van der Waals surface area contributed by atoms with Crippen LogP contribution in [0.25, 0.3) is 0 Å². The van der Waals surface area contributed by atoms with E-state index in [9.17, 15) is 9.59 Å². The number of nitrogens with one attached hydrogen (secondary N) is 1. The smallest absolute Gasteiger partial charge is 0.307 e. The maximum absolute atomic E-state index is 12.0. The Bertz CT molecular complexity index is 469. The Hall–Kier alpha value is -1.85. The summed E-state index contributed by atoms with van der Waals surface area (Å²) in [5, 5.41) is 16.0. The van der Waals surface area contributed by atoms with Crippen LogP contribution in [0.5, 0.6) is 0 Å². The van der Waals surface area contributed by atoms with Crippen molar-refractivity contribution in [1.82, 2.24) is 15.1 Å². The molecule has 104 valence electrons. The van der Waals surface area contributed by atoms with Gasteiger partial charge in [-0.3, -0.25) is 14.3 Å². The Morgan fingerprint density at radius 1 is 1.47 bits per heavy atom. The van der Waals surface area contributed by atoms with Crippen LogP contribution in [0.2, 0.25) is 0 Å². The largest absolute Gasteiger partial charge is 0.481 e. The van der Waals surface area contributed by atoms with E-state index in [4.69, 9.17) is 5.11 Å². The molecule has 6 heteroatoms. The van der Waals surface area contributed by atoms with E-state index in [1.165, 1.54) is 0 Å². The van der Waals surface area contributed by atoms with E-state index in [-0.39, 0.29) is 11.8 Å². The van der Waals surface area contributed by atoms with E-state index in [0.717, 1.165) is 12.0 Å². The minimum Gasteiger partial charge on any atom is -0.481 e. The summed E-state index contributed by atoms with van der Waals surface area (Å²) in [6.45, 7) is 3.03. The summed E-state index contributed by atoms with van der Waals surface area (Å²) in [7, 11) is 0. The molecule has 2 N–H and O–H groups in total. The van der Waals surface area contributed by atoms with E-state index in [1.54, 1.807) is 10.9 Å². The van der Waals surface area contributed by atoms with E-state index < -0.39 is 11.9 Å². The van der Waals surface area contributed by atoms with Crippen LogP contribution >= 0.6 is 0 Å². The van der Waals surface area contributed by atoms with Crippen molar-refractivity contribution in [1.29, 1.82) is 0 Å². The number of amides is 1. The lowest BCUT2D eigenvalue weighted by Gasteiger charge is -2.15. The number of hydrogen-bond donors (Lipinski definition) is 2. The number of carbonyl (C=O) groups excluding carboxylic acids is 1. The molecule has 0 aromatic carbocycles. The number of carbonyl (C=O) groups is 2. The first kappa shape index (κ1) is 13.6. The fourth-order valence-corrected chi connectivity index (χ4v) is 2.58. The van der Waals surface area contributed by atoms with Crippen molar-refractivity contribution in [3.8, 4) is 0 Å². The van der Waals surface area contributed by atoms with Gasteiger partial charge in [-0.1, -0.05) is 6.42 Å². The van der Waals surface area contributed by atoms with Gasteiger partial charge in [0.25, 0.3) is 0 Å². The molecule has 1 aliphatic rings. The van der Waals surface area contributed by atoms with Crippen LogP contribution in [0.4, 0.5) is 0 Å². The van der Waals surface area contributed by atoms with Gasteiger partial charge in [0.15, 0.2) is 0 Å². The summed E-state index contributed by atoms with van der Waals surface area (Å²) in [4.78, 5) is 23.0. The molecule has 1 aromatic rings. The van der Waals surface area contributed by atoms with Gasteiger partial charge in [0, 0.05) is 12.7 Å². The minimum absolute atomic E-state index is 0.145. The summed E-state index contributed by atoms with van der Waals surface area (Å²) in [5.41, 5.74) is 1.08. The molecule has 0 bridgehead atoms. The summed E-state index contributed by atoms with van der Waals surface area (Å²) in [6.07, 6.45) is 5.75. The number of hydrogen-bond acceptors (Lipinski definition) is 3. The summed E-state index contributed by atoms with van der Waals surface area (Å²) < 4.78 is 1.76. The topological polar surface area (TPSA) is 84.2 Å². The van der Waals surface area contributed by atoms with Crippen molar-refractivity contribution in [3.05, 3.63) is 18.0 Å². The Morgan fingerprint density at radius 3 is 2.84 bits per heavy atom. The predicted molar refractivity (Wildman–Crippen MR) is 68.4 cm³/mol. The van der Waals surface area contributed by atoms with Gasteiger partial charge in [-0.25, -0.2) is 0 Å². The van der Waals surface area contributed by atoms with Gasteiger partial charge < -0.3 is 10.4 Å². The molecule has 1 aliphatic carbocycles. The van der Waals surface area contributed by atoms with E-state index in [1.807, 2.05) is 13.1 Å². The highest BCUT2D eigenvalue weighted by atomic mass is 16.4. The third-order valence-electron chi connectivity index (χ3n) is 3.57. The molecule has 6 nitrogen and oxygen atoms in total. The maximum atomic E-state index is 12.0. The van der Waals surface area contributed by atoms with Gasteiger partial charge in [-0.05, 0) is 25.3 Å². The molecule has 1 aromatic heterocycles. The SMILES string of the molecule is Cc1cnn(CCNC(=O)[C@@H]2CCC[C@@H]2C(=O)O)c1. The van der Waals surface area contributed by atoms with E-state index >= 15 is 0 Å². The molecule has 0 saturated heterocycles. The fraction of sp³-hybridized carbons (Fsp3) is 0.615. The van der Waals surface area contributed by atoms with Gasteiger partial charge in [-0.2, -0.15) is 5.10 Å². The Morgan fingerprint density at radius 2 is 2.21 bits per heavy atom. The molecule has 1 fully saturated rings. The van der Waals surface area contributed by atoms with Crippen molar-refractivity contribution in [2.75, 3.05) is 6.54 Å². The monoisotopic (exact) mass is 265 g/mol. The Balaban J connectivity index is 1.79. The minimum atomic E-state index is -0.861. The van der Waals surface area contributed by atoms with Gasteiger partial charge in [0.05, 0.1) is 24.6 Å². The molecule has 0 unspecified atom stereocenters. The van der Waals surface area contributed by atoms with Crippen LogP contribution < -0.4 is 5.32 Å². The number of aliphatic carboxylic acids is 1. The number of aromatic nitrogens is 2. The van der Waals surface area contributed by atoms with Crippen LogP contribution in [0.1, 0.15) is 24.8 Å². The third kappa shape index (κ3) is 3.33. The average molecular weight is 265 g/mol. The molecule has 0 aliphatic heterocycles. The number of nitrogens with zero attached hydrogens (tertiary/aromatic N) is 2. The molecular formula is C13H19N3O3. The first-order valence-corrected chi connectivity index (χ1v) is 6.57. The predicted octanol–water partition coefficient (Wildman–Crippen LogP) is 0.809. The van der Waals surface area contributed by atoms with Crippen LogP contribution in [-0.2, 0) is 16.1 Å². The average Bonchev–Trinajstić information content (AvgIpc) is 2.97. The molecule has 19 heavy (non-hydrogen) atoms. The second kappa shape index (κ2) is 5.86. The lowest BCUT2D eigenvalue weighted by molar-refractivity contribution is -0.146. The molecule has 2 rings (SSSR count). The first-order valence-electron chi connectivity index (χ1n) is 6.57. The molecule has 1 amide bonds. The highest BCUT2D eigenvalue weighted by Crippen LogP contribution is 2.31. The highest BCUT2D eigenvalue weighted by molar-refractivity contribution is 5.85. The lowest BCUT2D eigenvalue weighted by Crippen LogP contribution is -2.36. The van der Waals surface area contributed by atoms with Crippen LogP contribution in [0.3, 0.4) is 0 Å². The summed E-state index contributed by atoms with van der Waals surface area (Å²) >= 11 is 0. The van der Waals surface area contributed by atoms with Gasteiger partial charge in [0.2, 0.25) is 5.91 Å². The number of aryl methyl sites for hydroxylation is 1. The summed E-state index contributed by atoms with van der Waals surface area (Å²) in [6, 6.07) is 0. The van der Waals surface area contributed by atoms with Crippen molar-refractivity contribution in [3.63, 3.8) is 0 Å². The van der Waals surface area contributed by atoms with Crippen molar-refractivity contribution in [2.45, 2.75) is 32.7 Å². The summed E-state index contributed by atoms with van der Waals surface area (Å²) in [5.74, 6) is -1.90. The quantitative estimate of drug-likeness (QED) is 0.825. The zero-order chi connectivity index (χ0) is 13.8.